The van der Waals surface area contributed by atoms with Crippen molar-refractivity contribution in [3.8, 4) is 0 Å². The van der Waals surface area contributed by atoms with Gasteiger partial charge in [-0.05, 0) is 24.1 Å². The van der Waals surface area contributed by atoms with Gasteiger partial charge in [-0.3, -0.25) is 5.10 Å². The van der Waals surface area contributed by atoms with Crippen molar-refractivity contribution in [3.63, 3.8) is 0 Å². The van der Waals surface area contributed by atoms with E-state index in [-0.39, 0.29) is 19.6 Å². The number of nitrogens with one attached hydrogen (secondary N) is 2. The van der Waals surface area contributed by atoms with Crippen LogP contribution in [-0.4, -0.2) is 44.1 Å². The van der Waals surface area contributed by atoms with Crippen LogP contribution in [0.3, 0.4) is 0 Å². The maximum absolute atomic E-state index is 11.7. The number of pyridine rings is 1. The van der Waals surface area contributed by atoms with Crippen LogP contribution in [0, 0.1) is 0 Å². The molecule has 0 saturated heterocycles. The van der Waals surface area contributed by atoms with E-state index in [4.69, 9.17) is 4.74 Å². The molecule has 8 nitrogen and oxygen atoms in total. The van der Waals surface area contributed by atoms with Crippen LogP contribution < -0.4 is 5.32 Å². The fourth-order valence-corrected chi connectivity index (χ4v) is 2.54. The first-order valence-electron chi connectivity index (χ1n) is 8.25. The summed E-state index contributed by atoms with van der Waals surface area (Å²) >= 11 is 0. The second-order valence-electron chi connectivity index (χ2n) is 5.80. The molecule has 0 radical (unpaired) electrons. The van der Waals surface area contributed by atoms with E-state index in [9.17, 15) is 15.0 Å². The van der Waals surface area contributed by atoms with Gasteiger partial charge in [0.05, 0.1) is 11.8 Å². The lowest BCUT2D eigenvalue weighted by molar-refractivity contribution is 0.0119. The van der Waals surface area contributed by atoms with Gasteiger partial charge in [0.25, 0.3) is 0 Å². The number of hydrogen-bond acceptors (Lipinski definition) is 6. The topological polar surface area (TPSA) is 120 Å². The molecule has 3 aromatic rings. The Balaban J connectivity index is 1.44. The summed E-state index contributed by atoms with van der Waals surface area (Å²) < 4.78 is 5.08. The van der Waals surface area contributed by atoms with Gasteiger partial charge in [-0.25, -0.2) is 9.78 Å². The summed E-state index contributed by atoms with van der Waals surface area (Å²) in [6.07, 6.45) is -1.06. The number of hydrogen-bond donors (Lipinski definition) is 4. The highest BCUT2D eigenvalue weighted by molar-refractivity contribution is 5.77. The molecule has 0 spiro atoms. The maximum atomic E-state index is 11.7. The summed E-state index contributed by atoms with van der Waals surface area (Å²) in [6, 6.07) is 12.8. The highest BCUT2D eigenvalue weighted by Gasteiger charge is 2.22. The minimum Gasteiger partial charge on any atom is -0.445 e. The summed E-state index contributed by atoms with van der Waals surface area (Å²) in [5.41, 5.74) is 1.75. The van der Waals surface area contributed by atoms with E-state index in [1.54, 1.807) is 18.3 Å². The molecule has 0 saturated carbocycles. The van der Waals surface area contributed by atoms with Crippen molar-refractivity contribution >= 4 is 17.1 Å². The van der Waals surface area contributed by atoms with Crippen molar-refractivity contribution in [1.82, 2.24) is 20.5 Å². The van der Waals surface area contributed by atoms with Crippen LogP contribution in [0.15, 0.2) is 48.7 Å². The third-order valence-corrected chi connectivity index (χ3v) is 3.94. The second kappa shape index (κ2) is 8.41. The molecule has 26 heavy (non-hydrogen) atoms. The third-order valence-electron chi connectivity index (χ3n) is 3.94. The number of aromatic nitrogens is 3. The summed E-state index contributed by atoms with van der Waals surface area (Å²) in [6.45, 7) is 0.334. The molecule has 2 unspecified atom stereocenters. The molecule has 3 rings (SSSR count). The number of carbonyl (C=O) groups excluding carboxylic acids is 1. The van der Waals surface area contributed by atoms with Crippen molar-refractivity contribution in [2.24, 2.45) is 0 Å². The smallest absolute Gasteiger partial charge is 0.407 e. The normalized spacial score (nSPS) is 13.3. The van der Waals surface area contributed by atoms with Gasteiger partial charge >= 0.3 is 6.09 Å². The molecule has 8 heteroatoms. The van der Waals surface area contributed by atoms with Gasteiger partial charge in [0.15, 0.2) is 5.65 Å². The number of fused-ring (bicyclic) bond motifs is 1. The third kappa shape index (κ3) is 4.35. The fraction of sp³-hybridized carbons (Fsp3) is 0.278. The number of carbonyl (C=O) groups is 1. The molecule has 0 bridgehead atoms. The Morgan fingerprint density at radius 1 is 1.19 bits per heavy atom. The highest BCUT2D eigenvalue weighted by atomic mass is 16.5. The minimum atomic E-state index is -1.16. The van der Waals surface area contributed by atoms with Crippen molar-refractivity contribution in [1.29, 1.82) is 0 Å². The van der Waals surface area contributed by atoms with Crippen molar-refractivity contribution in [2.45, 2.75) is 25.2 Å². The Kier molecular flexibility index (Phi) is 5.77. The monoisotopic (exact) mass is 356 g/mol. The molecule has 0 fully saturated rings. The number of alkyl carbamates (subject to hydrolysis) is 1. The second-order valence-corrected chi connectivity index (χ2v) is 5.80. The first kappa shape index (κ1) is 17.8. The molecule has 1 aromatic carbocycles. The number of rotatable bonds is 7. The van der Waals surface area contributed by atoms with Gasteiger partial charge in [0, 0.05) is 18.1 Å². The molecule has 2 heterocycles. The van der Waals surface area contributed by atoms with E-state index in [1.807, 2.05) is 30.3 Å². The van der Waals surface area contributed by atoms with E-state index in [1.165, 1.54) is 0 Å². The number of aromatic amines is 1. The highest BCUT2D eigenvalue weighted by Crippen LogP contribution is 2.23. The average Bonchev–Trinajstić information content (AvgIpc) is 3.10. The molecule has 0 aliphatic carbocycles. The van der Waals surface area contributed by atoms with Gasteiger partial charge in [-0.1, -0.05) is 30.3 Å². The SMILES string of the molecule is O=C(NCCC(O)C(O)c1[nH]nc2ncccc12)OCc1ccccc1. The van der Waals surface area contributed by atoms with Crippen LogP contribution in [0.5, 0.6) is 0 Å². The first-order chi connectivity index (χ1) is 12.6. The zero-order chi connectivity index (χ0) is 18.4. The lowest BCUT2D eigenvalue weighted by atomic mass is 10.1. The largest absolute Gasteiger partial charge is 0.445 e. The van der Waals surface area contributed by atoms with Gasteiger partial charge in [0.1, 0.15) is 12.7 Å². The minimum absolute atomic E-state index is 0.155. The molecule has 1 amide bonds. The fourth-order valence-electron chi connectivity index (χ4n) is 2.54. The lowest BCUT2D eigenvalue weighted by Gasteiger charge is -2.17. The Morgan fingerprint density at radius 3 is 2.81 bits per heavy atom. The number of aliphatic hydroxyl groups is 2. The molecule has 0 aliphatic rings. The molecule has 4 N–H and O–H groups in total. The average molecular weight is 356 g/mol. The van der Waals surface area contributed by atoms with E-state index in [2.05, 4.69) is 20.5 Å². The zero-order valence-electron chi connectivity index (χ0n) is 14.0. The lowest BCUT2D eigenvalue weighted by Crippen LogP contribution is -2.30. The Labute approximate surface area is 149 Å². The summed E-state index contributed by atoms with van der Waals surface area (Å²) in [4.78, 5) is 15.7. The molecule has 2 atom stereocenters. The molecular weight excluding hydrogens is 336 g/mol. The maximum Gasteiger partial charge on any atom is 0.407 e. The van der Waals surface area contributed by atoms with Gasteiger partial charge in [-0.2, -0.15) is 5.10 Å². The quantitative estimate of drug-likeness (QED) is 0.511. The number of amides is 1. The Morgan fingerprint density at radius 2 is 2.00 bits per heavy atom. The first-order valence-corrected chi connectivity index (χ1v) is 8.25. The summed E-state index contributed by atoms with van der Waals surface area (Å²) in [5, 5.41) is 30.3. The predicted octanol–water partition coefficient (Wildman–Crippen LogP) is 1.67. The molecule has 136 valence electrons. The van der Waals surface area contributed by atoms with Gasteiger partial charge < -0.3 is 20.3 Å². The van der Waals surface area contributed by atoms with Crippen molar-refractivity contribution < 1.29 is 19.7 Å². The molecule has 2 aromatic heterocycles. The van der Waals surface area contributed by atoms with Crippen molar-refractivity contribution in [2.75, 3.05) is 6.54 Å². The molecular formula is C18H20N4O4. The van der Waals surface area contributed by atoms with Crippen LogP contribution in [0.4, 0.5) is 4.79 Å². The van der Waals surface area contributed by atoms with E-state index < -0.39 is 18.3 Å². The Bertz CT molecular complexity index is 853. The standard InChI is InChI=1S/C18H20N4O4/c23-14(16(24)15-13-7-4-9-19-17(13)22-21-15)8-10-20-18(25)26-11-12-5-2-1-3-6-12/h1-7,9,14,16,23-24H,8,10-11H2,(H,20,25)(H,19,21,22). The van der Waals surface area contributed by atoms with Crippen LogP contribution in [0.2, 0.25) is 0 Å². The van der Waals surface area contributed by atoms with E-state index in [0.29, 0.717) is 16.7 Å². The van der Waals surface area contributed by atoms with E-state index in [0.717, 1.165) is 5.56 Å². The Hall–Kier alpha value is -2.97. The van der Waals surface area contributed by atoms with Crippen LogP contribution in [0.1, 0.15) is 23.8 Å². The summed E-state index contributed by atoms with van der Waals surface area (Å²) in [5.74, 6) is 0. The van der Waals surface area contributed by atoms with Crippen LogP contribution >= 0.6 is 0 Å². The predicted molar refractivity (Wildman–Crippen MR) is 94.1 cm³/mol. The number of nitrogens with zero attached hydrogens (tertiary/aromatic N) is 2. The number of ether oxygens (including phenoxy) is 1. The number of aliphatic hydroxyl groups excluding tert-OH is 2. The van der Waals surface area contributed by atoms with Crippen LogP contribution in [0.25, 0.3) is 11.0 Å². The van der Waals surface area contributed by atoms with E-state index >= 15 is 0 Å². The van der Waals surface area contributed by atoms with Crippen molar-refractivity contribution in [3.05, 3.63) is 59.9 Å². The zero-order valence-corrected chi connectivity index (χ0v) is 14.0. The van der Waals surface area contributed by atoms with Crippen LogP contribution in [-0.2, 0) is 11.3 Å². The van der Waals surface area contributed by atoms with Gasteiger partial charge in [0.2, 0.25) is 0 Å². The molecule has 0 aliphatic heterocycles. The number of H-pyrrole nitrogens is 1. The summed E-state index contributed by atoms with van der Waals surface area (Å²) in [7, 11) is 0. The van der Waals surface area contributed by atoms with Gasteiger partial charge in [-0.15, -0.1) is 0 Å². The number of benzene rings is 1.